The van der Waals surface area contributed by atoms with E-state index in [2.05, 4.69) is 25.1 Å². The lowest BCUT2D eigenvalue weighted by atomic mass is 10.1. The number of benzene rings is 4. The van der Waals surface area contributed by atoms with Gasteiger partial charge in [-0.15, -0.1) is 0 Å². The van der Waals surface area contributed by atoms with Crippen LogP contribution in [0.1, 0.15) is 18.1 Å². The summed E-state index contributed by atoms with van der Waals surface area (Å²) in [6, 6.07) is 29.7. The number of aryl methyl sites for hydroxylation is 1. The van der Waals surface area contributed by atoms with Crippen LogP contribution in [-0.2, 0) is 13.0 Å². The lowest BCUT2D eigenvalue weighted by Crippen LogP contribution is -2.10. The lowest BCUT2D eigenvalue weighted by Gasteiger charge is -2.13. The third-order valence-electron chi connectivity index (χ3n) is 5.61. The second-order valence-electron chi connectivity index (χ2n) is 7.57. The van der Waals surface area contributed by atoms with Crippen LogP contribution in [0.25, 0.3) is 33.1 Å². The van der Waals surface area contributed by atoms with E-state index < -0.39 is 0 Å². The van der Waals surface area contributed by atoms with Gasteiger partial charge in [-0.1, -0.05) is 85.8 Å². The van der Waals surface area contributed by atoms with Crippen LogP contribution in [0, 0.1) is 0 Å². The van der Waals surface area contributed by atoms with Crippen molar-refractivity contribution in [3.05, 3.63) is 112 Å². The molecule has 0 N–H and O–H groups in total. The first kappa shape index (κ1) is 19.1. The highest BCUT2D eigenvalue weighted by Gasteiger charge is 2.18. The van der Waals surface area contributed by atoms with Crippen molar-refractivity contribution in [2.24, 2.45) is 0 Å². The minimum Gasteiger partial charge on any atom is -0.481 e. The van der Waals surface area contributed by atoms with Gasteiger partial charge in [-0.25, -0.2) is 0 Å². The number of ether oxygens (including phenoxy) is 1. The molecule has 152 valence electrons. The largest absolute Gasteiger partial charge is 0.481 e. The van der Waals surface area contributed by atoms with Crippen molar-refractivity contribution in [3.8, 4) is 17.1 Å². The zero-order valence-corrected chi connectivity index (χ0v) is 17.3. The van der Waals surface area contributed by atoms with Crippen molar-refractivity contribution in [1.29, 1.82) is 0 Å². The molecule has 5 aromatic rings. The molecule has 0 saturated heterocycles. The molecule has 1 heterocycles. The smallest absolute Gasteiger partial charge is 0.235 e. The van der Waals surface area contributed by atoms with E-state index in [1.807, 2.05) is 72.8 Å². The van der Waals surface area contributed by atoms with Crippen molar-refractivity contribution >= 4 is 21.7 Å². The highest BCUT2D eigenvalue weighted by Crippen LogP contribution is 2.32. The summed E-state index contributed by atoms with van der Waals surface area (Å²) in [4.78, 5) is 13.5. The Morgan fingerprint density at radius 3 is 2.42 bits per heavy atom. The molecule has 0 saturated carbocycles. The van der Waals surface area contributed by atoms with Crippen molar-refractivity contribution < 1.29 is 9.15 Å². The third-order valence-corrected chi connectivity index (χ3v) is 5.61. The fraction of sp³-hybridized carbons (Fsp3) is 0.107. The molecule has 31 heavy (non-hydrogen) atoms. The van der Waals surface area contributed by atoms with Crippen LogP contribution in [0.2, 0.25) is 0 Å². The molecular weight excluding hydrogens is 384 g/mol. The van der Waals surface area contributed by atoms with E-state index in [9.17, 15) is 4.79 Å². The topological polar surface area (TPSA) is 39.4 Å². The molecule has 0 radical (unpaired) electrons. The maximum atomic E-state index is 13.5. The molecule has 0 fully saturated rings. The molecule has 0 unspecified atom stereocenters. The summed E-state index contributed by atoms with van der Waals surface area (Å²) in [6.07, 6.45) is 0.849. The summed E-state index contributed by atoms with van der Waals surface area (Å²) < 4.78 is 12.4. The van der Waals surface area contributed by atoms with Crippen LogP contribution < -0.4 is 10.2 Å². The van der Waals surface area contributed by atoms with E-state index in [-0.39, 0.29) is 17.8 Å². The molecule has 4 aromatic carbocycles. The molecule has 5 rings (SSSR count). The van der Waals surface area contributed by atoms with Crippen molar-refractivity contribution in [1.82, 2.24) is 0 Å². The molecule has 1 aromatic heterocycles. The standard InChI is InChI=1S/C28H22O3/c1-2-19-15-16-25-24(17-19)26(29)28(27(31-25)21-10-4-3-5-11-21)30-18-22-13-8-12-20-9-6-7-14-23(20)22/h3-17H,2,18H2,1H3. The van der Waals surface area contributed by atoms with E-state index in [0.29, 0.717) is 16.7 Å². The predicted octanol–water partition coefficient (Wildman–Crippen LogP) is 6.75. The molecular formula is C28H22O3. The van der Waals surface area contributed by atoms with Crippen LogP contribution in [-0.4, -0.2) is 0 Å². The van der Waals surface area contributed by atoms with Crippen molar-refractivity contribution in [2.45, 2.75) is 20.0 Å². The quantitative estimate of drug-likeness (QED) is 0.324. The molecule has 0 atom stereocenters. The Morgan fingerprint density at radius 1 is 0.806 bits per heavy atom. The fourth-order valence-corrected chi connectivity index (χ4v) is 3.92. The Bertz CT molecular complexity index is 1430. The molecule has 3 heteroatoms. The number of rotatable bonds is 5. The Hall–Kier alpha value is -3.85. The molecule has 0 aliphatic heterocycles. The Kier molecular flexibility index (Phi) is 5.01. The number of fused-ring (bicyclic) bond motifs is 2. The van der Waals surface area contributed by atoms with Crippen LogP contribution in [0.4, 0.5) is 0 Å². The van der Waals surface area contributed by atoms with Gasteiger partial charge in [0.15, 0.2) is 5.76 Å². The molecule has 0 bridgehead atoms. The van der Waals surface area contributed by atoms with Crippen molar-refractivity contribution in [3.63, 3.8) is 0 Å². The summed E-state index contributed by atoms with van der Waals surface area (Å²) in [7, 11) is 0. The zero-order valence-electron chi connectivity index (χ0n) is 17.3. The van der Waals surface area contributed by atoms with E-state index in [1.165, 1.54) is 0 Å². The van der Waals surface area contributed by atoms with Crippen LogP contribution >= 0.6 is 0 Å². The van der Waals surface area contributed by atoms with Gasteiger partial charge in [0.1, 0.15) is 12.2 Å². The number of hydrogen-bond acceptors (Lipinski definition) is 3. The molecule has 0 spiro atoms. The summed E-state index contributed by atoms with van der Waals surface area (Å²) in [6.45, 7) is 2.35. The van der Waals surface area contributed by atoms with E-state index in [4.69, 9.17) is 9.15 Å². The van der Waals surface area contributed by atoms with Gasteiger partial charge in [0.05, 0.1) is 5.39 Å². The first-order valence-corrected chi connectivity index (χ1v) is 10.5. The number of hydrogen-bond donors (Lipinski definition) is 0. The van der Waals surface area contributed by atoms with Gasteiger partial charge in [-0.05, 0) is 40.5 Å². The second-order valence-corrected chi connectivity index (χ2v) is 7.57. The zero-order chi connectivity index (χ0) is 21.2. The second kappa shape index (κ2) is 8.11. The van der Waals surface area contributed by atoms with Crippen LogP contribution in [0.3, 0.4) is 0 Å². The van der Waals surface area contributed by atoms with Gasteiger partial charge in [-0.2, -0.15) is 0 Å². The summed E-state index contributed by atoms with van der Waals surface area (Å²) in [5, 5.41) is 2.81. The summed E-state index contributed by atoms with van der Waals surface area (Å²) in [5.74, 6) is 0.711. The summed E-state index contributed by atoms with van der Waals surface area (Å²) >= 11 is 0. The normalized spacial score (nSPS) is 11.1. The minimum atomic E-state index is -0.143. The average molecular weight is 406 g/mol. The maximum Gasteiger partial charge on any atom is 0.235 e. The predicted molar refractivity (Wildman–Crippen MR) is 126 cm³/mol. The van der Waals surface area contributed by atoms with Gasteiger partial charge in [0.25, 0.3) is 0 Å². The molecule has 0 aliphatic rings. The first-order chi connectivity index (χ1) is 15.2. The third kappa shape index (κ3) is 3.59. The monoisotopic (exact) mass is 406 g/mol. The lowest BCUT2D eigenvalue weighted by molar-refractivity contribution is 0.299. The maximum absolute atomic E-state index is 13.5. The Labute approximate surface area is 180 Å². The Morgan fingerprint density at radius 2 is 1.58 bits per heavy atom. The molecule has 0 aliphatic carbocycles. The molecule has 3 nitrogen and oxygen atoms in total. The summed E-state index contributed by atoms with van der Waals surface area (Å²) in [5.41, 5.74) is 3.36. The highest BCUT2D eigenvalue weighted by atomic mass is 16.5. The van der Waals surface area contributed by atoms with Gasteiger partial charge in [-0.3, -0.25) is 4.79 Å². The van der Waals surface area contributed by atoms with E-state index in [1.54, 1.807) is 0 Å². The van der Waals surface area contributed by atoms with Gasteiger partial charge in [0.2, 0.25) is 11.2 Å². The molecule has 0 amide bonds. The van der Waals surface area contributed by atoms with Gasteiger partial charge in [0, 0.05) is 5.56 Å². The van der Waals surface area contributed by atoms with Gasteiger partial charge >= 0.3 is 0 Å². The van der Waals surface area contributed by atoms with Crippen LogP contribution in [0.5, 0.6) is 5.75 Å². The SMILES string of the molecule is CCc1ccc2oc(-c3ccccc3)c(OCc3cccc4ccccc34)c(=O)c2c1. The van der Waals surface area contributed by atoms with Gasteiger partial charge < -0.3 is 9.15 Å². The fourth-order valence-electron chi connectivity index (χ4n) is 3.92. The Balaban J connectivity index is 1.65. The van der Waals surface area contributed by atoms with Crippen LogP contribution in [0.15, 0.2) is 100 Å². The van der Waals surface area contributed by atoms with Crippen molar-refractivity contribution in [2.75, 3.05) is 0 Å². The van der Waals surface area contributed by atoms with E-state index >= 15 is 0 Å². The average Bonchev–Trinajstić information content (AvgIpc) is 2.83. The first-order valence-electron chi connectivity index (χ1n) is 10.5. The van der Waals surface area contributed by atoms with E-state index in [0.717, 1.165) is 33.9 Å². The highest BCUT2D eigenvalue weighted by molar-refractivity contribution is 5.86. The minimum absolute atomic E-state index is 0.143.